The molecule has 2 aromatic rings. The van der Waals surface area contributed by atoms with Gasteiger partial charge < -0.3 is 4.90 Å². The Morgan fingerprint density at radius 3 is 2.57 bits per heavy atom. The van der Waals surface area contributed by atoms with E-state index < -0.39 is 0 Å². The normalized spacial score (nSPS) is 29.0. The van der Waals surface area contributed by atoms with Crippen LogP contribution in [0.2, 0.25) is 0 Å². The van der Waals surface area contributed by atoms with Gasteiger partial charge in [0.2, 0.25) is 0 Å². The summed E-state index contributed by atoms with van der Waals surface area (Å²) in [5.41, 5.74) is 0.701. The van der Waals surface area contributed by atoms with Crippen LogP contribution in [0.3, 0.4) is 0 Å². The minimum Gasteiger partial charge on any atom is -0.309 e. The van der Waals surface area contributed by atoms with Crippen LogP contribution in [-0.4, -0.2) is 28.9 Å². The average molecular weight is 371 g/mol. The van der Waals surface area contributed by atoms with Gasteiger partial charge in [-0.3, -0.25) is 4.79 Å². The van der Waals surface area contributed by atoms with Crippen molar-refractivity contribution in [2.45, 2.75) is 31.3 Å². The summed E-state index contributed by atoms with van der Waals surface area (Å²) in [7, 11) is 0. The number of benzene rings is 2. The van der Waals surface area contributed by atoms with Gasteiger partial charge in [0.25, 0.3) is 5.91 Å². The third kappa shape index (κ3) is 1.66. The number of carbonyl (C=O) groups is 2. The minimum absolute atomic E-state index is 0.0466. The molecule has 5 rings (SSSR count). The molecule has 1 aliphatic carbocycles. The smallest absolute Gasteiger partial charge is 0.309 e. The summed E-state index contributed by atoms with van der Waals surface area (Å²) in [5.74, 6) is 0.304. The van der Waals surface area contributed by atoms with Gasteiger partial charge in [0.05, 0.1) is 5.69 Å². The van der Waals surface area contributed by atoms with Crippen molar-refractivity contribution in [2.75, 3.05) is 4.90 Å². The number of piperidine rings is 1. The number of carbonyl (C=O) groups excluding carboxylic acids is 2. The molecule has 1 saturated carbocycles. The highest BCUT2D eigenvalue weighted by atomic mass is 79.9. The maximum Gasteiger partial charge on any atom is 0.332 e. The maximum atomic E-state index is 13.0. The van der Waals surface area contributed by atoms with E-state index in [4.69, 9.17) is 0 Å². The second-order valence-corrected chi connectivity index (χ2v) is 7.50. The van der Waals surface area contributed by atoms with Gasteiger partial charge in [0.15, 0.2) is 0 Å². The Morgan fingerprint density at radius 2 is 1.78 bits per heavy atom. The Hall–Kier alpha value is -1.88. The third-order valence-corrected chi connectivity index (χ3v) is 6.25. The lowest BCUT2D eigenvalue weighted by molar-refractivity contribution is -0.120. The predicted molar refractivity (Wildman–Crippen MR) is 91.3 cm³/mol. The number of halogens is 1. The van der Waals surface area contributed by atoms with Crippen LogP contribution < -0.4 is 4.90 Å². The zero-order valence-corrected chi connectivity index (χ0v) is 14.0. The molecule has 0 radical (unpaired) electrons. The molecule has 4 nitrogen and oxygen atoms in total. The SMILES string of the molecule is O=C1[C@@H]2[C@H]3CC[C@H](C3)N2C(=O)N1c1ccc(Br)c2ccccc12. The predicted octanol–water partition coefficient (Wildman–Crippen LogP) is 3.92. The van der Waals surface area contributed by atoms with Gasteiger partial charge in [0, 0.05) is 15.9 Å². The largest absolute Gasteiger partial charge is 0.332 e. The maximum absolute atomic E-state index is 13.0. The van der Waals surface area contributed by atoms with Gasteiger partial charge in [-0.1, -0.05) is 40.2 Å². The van der Waals surface area contributed by atoms with Gasteiger partial charge in [-0.2, -0.15) is 0 Å². The molecule has 0 N–H and O–H groups in total. The van der Waals surface area contributed by atoms with Crippen molar-refractivity contribution < 1.29 is 9.59 Å². The van der Waals surface area contributed by atoms with E-state index >= 15 is 0 Å². The zero-order chi connectivity index (χ0) is 15.7. The van der Waals surface area contributed by atoms with Crippen molar-refractivity contribution in [3.8, 4) is 0 Å². The van der Waals surface area contributed by atoms with Crippen molar-refractivity contribution in [1.82, 2.24) is 4.90 Å². The Balaban J connectivity index is 1.67. The van der Waals surface area contributed by atoms with E-state index in [0.717, 1.165) is 34.5 Å². The molecule has 23 heavy (non-hydrogen) atoms. The standard InChI is InChI=1S/C18H15BrN2O2/c19-14-7-8-15(13-4-2-1-3-12(13)14)21-17(22)16-10-5-6-11(9-10)20(16)18(21)23/h1-4,7-8,10-11,16H,5-6,9H2/t10-,11+,16-/m0/s1. The van der Waals surface area contributed by atoms with Crippen LogP contribution in [0.25, 0.3) is 10.8 Å². The van der Waals surface area contributed by atoms with Crippen molar-refractivity contribution in [1.29, 1.82) is 0 Å². The molecule has 2 aliphatic heterocycles. The van der Waals surface area contributed by atoms with Crippen LogP contribution >= 0.6 is 15.9 Å². The second-order valence-electron chi connectivity index (χ2n) is 6.65. The van der Waals surface area contributed by atoms with Crippen molar-refractivity contribution in [3.63, 3.8) is 0 Å². The first-order valence-corrected chi connectivity index (χ1v) is 8.79. The lowest BCUT2D eigenvalue weighted by atomic mass is 9.99. The summed E-state index contributed by atoms with van der Waals surface area (Å²) in [6.45, 7) is 0. The highest BCUT2D eigenvalue weighted by molar-refractivity contribution is 9.10. The molecule has 2 saturated heterocycles. The van der Waals surface area contributed by atoms with Crippen LogP contribution in [0, 0.1) is 5.92 Å². The van der Waals surface area contributed by atoms with Crippen molar-refractivity contribution in [2.24, 2.45) is 5.92 Å². The number of imide groups is 1. The Bertz CT molecular complexity index is 837. The molecule has 5 heteroatoms. The minimum atomic E-state index is -0.233. The van der Waals surface area contributed by atoms with E-state index in [2.05, 4.69) is 15.9 Å². The number of fused-ring (bicyclic) bond motifs is 6. The van der Waals surface area contributed by atoms with Gasteiger partial charge in [0.1, 0.15) is 6.04 Å². The van der Waals surface area contributed by atoms with Gasteiger partial charge in [-0.05, 0) is 42.7 Å². The quantitative estimate of drug-likeness (QED) is 0.713. The average Bonchev–Trinajstić information content (AvgIpc) is 3.24. The molecule has 0 aromatic heterocycles. The molecule has 3 atom stereocenters. The van der Waals surface area contributed by atoms with Crippen LogP contribution in [0.1, 0.15) is 19.3 Å². The molecule has 116 valence electrons. The molecule has 2 bridgehead atoms. The molecular weight excluding hydrogens is 356 g/mol. The first-order valence-electron chi connectivity index (χ1n) is 8.00. The molecule has 3 fully saturated rings. The summed E-state index contributed by atoms with van der Waals surface area (Å²) >= 11 is 3.55. The number of urea groups is 1. The van der Waals surface area contributed by atoms with Gasteiger partial charge in [-0.25, -0.2) is 9.69 Å². The number of amides is 3. The Labute approximate surface area is 142 Å². The molecule has 3 amide bonds. The summed E-state index contributed by atoms with van der Waals surface area (Å²) in [6, 6.07) is 11.5. The molecule has 3 aliphatic rings. The lowest BCUT2D eigenvalue weighted by Crippen LogP contribution is -2.40. The number of anilines is 1. The van der Waals surface area contributed by atoms with Crippen LogP contribution in [0.5, 0.6) is 0 Å². The van der Waals surface area contributed by atoms with E-state index in [1.165, 1.54) is 4.90 Å². The summed E-state index contributed by atoms with van der Waals surface area (Å²) in [5, 5.41) is 1.94. The first-order chi connectivity index (χ1) is 11.2. The van der Waals surface area contributed by atoms with Gasteiger partial charge >= 0.3 is 6.03 Å². The van der Waals surface area contributed by atoms with Gasteiger partial charge in [-0.15, -0.1) is 0 Å². The lowest BCUT2D eigenvalue weighted by Gasteiger charge is -2.25. The number of hydrogen-bond donors (Lipinski definition) is 0. The number of nitrogens with zero attached hydrogens (tertiary/aromatic N) is 2. The zero-order valence-electron chi connectivity index (χ0n) is 12.4. The Kier molecular flexibility index (Phi) is 2.69. The second kappa shape index (κ2) is 4.57. The third-order valence-electron chi connectivity index (χ3n) is 5.56. The molecule has 0 spiro atoms. The van der Waals surface area contributed by atoms with E-state index in [1.54, 1.807) is 0 Å². The van der Waals surface area contributed by atoms with Crippen LogP contribution in [0.4, 0.5) is 10.5 Å². The van der Waals surface area contributed by atoms with E-state index in [-0.39, 0.29) is 24.0 Å². The van der Waals surface area contributed by atoms with Crippen LogP contribution in [0.15, 0.2) is 40.9 Å². The fourth-order valence-corrected chi connectivity index (χ4v) is 5.06. The highest BCUT2D eigenvalue weighted by Crippen LogP contribution is 2.48. The fraction of sp³-hybridized carbons (Fsp3) is 0.333. The first kappa shape index (κ1) is 13.5. The van der Waals surface area contributed by atoms with E-state index in [9.17, 15) is 9.59 Å². The van der Waals surface area contributed by atoms with E-state index in [1.807, 2.05) is 41.3 Å². The summed E-state index contributed by atoms with van der Waals surface area (Å²) < 4.78 is 0.969. The molecule has 2 heterocycles. The molecular formula is C18H15BrN2O2. The monoisotopic (exact) mass is 370 g/mol. The van der Waals surface area contributed by atoms with Crippen LogP contribution in [-0.2, 0) is 4.79 Å². The Morgan fingerprint density at radius 1 is 1.00 bits per heavy atom. The van der Waals surface area contributed by atoms with Crippen molar-refractivity contribution in [3.05, 3.63) is 40.9 Å². The number of rotatable bonds is 1. The summed E-state index contributed by atoms with van der Waals surface area (Å²) in [4.78, 5) is 29.2. The number of hydrogen-bond acceptors (Lipinski definition) is 2. The topological polar surface area (TPSA) is 40.6 Å². The summed E-state index contributed by atoms with van der Waals surface area (Å²) in [6.07, 6.45) is 3.10. The molecule has 2 aromatic carbocycles. The molecule has 0 unspecified atom stereocenters. The van der Waals surface area contributed by atoms with E-state index in [0.29, 0.717) is 11.6 Å². The fourth-order valence-electron chi connectivity index (χ4n) is 4.59. The highest BCUT2D eigenvalue weighted by Gasteiger charge is 2.59. The van der Waals surface area contributed by atoms with Crippen molar-refractivity contribution >= 4 is 44.3 Å².